The van der Waals surface area contributed by atoms with Gasteiger partial charge < -0.3 is 5.73 Å². The number of benzene rings is 1. The van der Waals surface area contributed by atoms with Crippen LogP contribution in [0.1, 0.15) is 17.5 Å². The molecule has 0 aliphatic carbocycles. The second-order valence-electron chi connectivity index (χ2n) is 3.05. The van der Waals surface area contributed by atoms with Gasteiger partial charge in [-0.2, -0.15) is 12.6 Å². The number of anilines is 1. The minimum Gasteiger partial charge on any atom is -0.398 e. The molecule has 0 aromatic heterocycles. The lowest BCUT2D eigenvalue weighted by atomic mass is 10.1. The van der Waals surface area contributed by atoms with Crippen LogP contribution in [0.5, 0.6) is 0 Å². The first-order valence-electron chi connectivity index (χ1n) is 4.37. The second kappa shape index (κ2) is 4.97. The summed E-state index contributed by atoms with van der Waals surface area (Å²) in [6.45, 7) is 2.06. The predicted octanol–water partition coefficient (Wildman–Crippen LogP) is 2.91. The van der Waals surface area contributed by atoms with Gasteiger partial charge in [0, 0.05) is 5.69 Å². The van der Waals surface area contributed by atoms with E-state index in [1.807, 2.05) is 12.1 Å². The smallest absolute Gasteiger partial charge is 0.0387 e. The van der Waals surface area contributed by atoms with E-state index in [2.05, 4.69) is 37.8 Å². The van der Waals surface area contributed by atoms with E-state index in [1.165, 1.54) is 5.56 Å². The van der Waals surface area contributed by atoms with E-state index < -0.39 is 0 Å². The highest BCUT2D eigenvalue weighted by atomic mass is 32.1. The highest BCUT2D eigenvalue weighted by Gasteiger charge is 1.93. The van der Waals surface area contributed by atoms with Crippen LogP contribution in [0.25, 0.3) is 6.08 Å². The van der Waals surface area contributed by atoms with Gasteiger partial charge in [0.25, 0.3) is 0 Å². The first-order chi connectivity index (χ1) is 6.24. The third-order valence-corrected chi connectivity index (χ3v) is 2.09. The second-order valence-corrected chi connectivity index (χ2v) is 3.49. The summed E-state index contributed by atoms with van der Waals surface area (Å²) in [7, 11) is 0. The van der Waals surface area contributed by atoms with Gasteiger partial charge in [0.2, 0.25) is 0 Å². The van der Waals surface area contributed by atoms with E-state index in [-0.39, 0.29) is 0 Å². The molecule has 0 aliphatic rings. The van der Waals surface area contributed by atoms with Crippen LogP contribution in [0.15, 0.2) is 24.3 Å². The molecule has 1 nitrogen and oxygen atoms in total. The molecule has 0 heterocycles. The van der Waals surface area contributed by atoms with E-state index in [0.29, 0.717) is 0 Å². The number of hydrogen-bond donors (Lipinski definition) is 2. The monoisotopic (exact) mass is 193 g/mol. The van der Waals surface area contributed by atoms with Gasteiger partial charge in [-0.25, -0.2) is 0 Å². The van der Waals surface area contributed by atoms with Crippen LogP contribution in [-0.4, -0.2) is 5.75 Å². The molecule has 0 radical (unpaired) electrons. The molecule has 13 heavy (non-hydrogen) atoms. The number of rotatable bonds is 3. The van der Waals surface area contributed by atoms with Crippen molar-refractivity contribution in [1.29, 1.82) is 0 Å². The number of hydrogen-bond acceptors (Lipinski definition) is 2. The zero-order valence-corrected chi connectivity index (χ0v) is 8.72. The molecular weight excluding hydrogens is 178 g/mol. The van der Waals surface area contributed by atoms with E-state index in [9.17, 15) is 0 Å². The van der Waals surface area contributed by atoms with Crippen molar-refractivity contribution in [2.24, 2.45) is 0 Å². The van der Waals surface area contributed by atoms with Crippen molar-refractivity contribution in [2.75, 3.05) is 11.5 Å². The molecule has 0 fully saturated rings. The molecule has 0 saturated heterocycles. The van der Waals surface area contributed by atoms with Crippen LogP contribution in [0, 0.1) is 6.92 Å². The first-order valence-corrected chi connectivity index (χ1v) is 5.01. The summed E-state index contributed by atoms with van der Waals surface area (Å²) in [5.41, 5.74) is 8.97. The molecule has 1 aromatic rings. The quantitative estimate of drug-likeness (QED) is 0.560. The molecule has 0 spiro atoms. The van der Waals surface area contributed by atoms with Crippen molar-refractivity contribution in [3.8, 4) is 0 Å². The summed E-state index contributed by atoms with van der Waals surface area (Å²) < 4.78 is 0. The molecule has 0 aliphatic heterocycles. The summed E-state index contributed by atoms with van der Waals surface area (Å²) in [6.07, 6.45) is 5.13. The summed E-state index contributed by atoms with van der Waals surface area (Å²) in [4.78, 5) is 0. The number of allylic oxidation sites excluding steroid dienone is 1. The SMILES string of the molecule is Cc1ccc(N)c(C=CCCS)c1. The summed E-state index contributed by atoms with van der Waals surface area (Å²) >= 11 is 4.13. The van der Waals surface area contributed by atoms with Crippen LogP contribution < -0.4 is 5.73 Å². The molecule has 70 valence electrons. The maximum Gasteiger partial charge on any atom is 0.0387 e. The Morgan fingerprint density at radius 3 is 2.92 bits per heavy atom. The fraction of sp³-hybridized carbons (Fsp3) is 0.273. The van der Waals surface area contributed by atoms with Crippen molar-refractivity contribution in [3.05, 3.63) is 35.4 Å². The third kappa shape index (κ3) is 3.15. The average Bonchev–Trinajstić information content (AvgIpc) is 2.11. The van der Waals surface area contributed by atoms with Gasteiger partial charge in [-0.1, -0.05) is 23.8 Å². The standard InChI is InChI=1S/C11H15NS/c1-9-5-6-11(12)10(8-9)4-2-3-7-13/h2,4-6,8,13H,3,7,12H2,1H3. The lowest BCUT2D eigenvalue weighted by Gasteiger charge is -2.01. The fourth-order valence-corrected chi connectivity index (χ4v) is 1.27. The molecule has 0 amide bonds. The van der Waals surface area contributed by atoms with Crippen molar-refractivity contribution in [1.82, 2.24) is 0 Å². The summed E-state index contributed by atoms with van der Waals surface area (Å²) in [5, 5.41) is 0. The Labute approximate surface area is 85.1 Å². The normalized spacial score (nSPS) is 10.9. The summed E-state index contributed by atoms with van der Waals surface area (Å²) in [6, 6.07) is 6.05. The zero-order valence-electron chi connectivity index (χ0n) is 7.83. The van der Waals surface area contributed by atoms with E-state index in [0.717, 1.165) is 23.4 Å². The van der Waals surface area contributed by atoms with Crippen LogP contribution in [-0.2, 0) is 0 Å². The van der Waals surface area contributed by atoms with Gasteiger partial charge in [0.05, 0.1) is 0 Å². The maximum absolute atomic E-state index is 5.80. The van der Waals surface area contributed by atoms with Gasteiger partial charge in [0.15, 0.2) is 0 Å². The van der Waals surface area contributed by atoms with Crippen LogP contribution in [0.2, 0.25) is 0 Å². The predicted molar refractivity (Wildman–Crippen MR) is 63.1 cm³/mol. The number of nitrogens with two attached hydrogens (primary N) is 1. The Morgan fingerprint density at radius 1 is 1.46 bits per heavy atom. The minimum absolute atomic E-state index is 0.834. The van der Waals surface area contributed by atoms with Gasteiger partial charge >= 0.3 is 0 Å². The molecule has 2 heteroatoms. The number of nitrogen functional groups attached to an aromatic ring is 1. The van der Waals surface area contributed by atoms with Gasteiger partial charge in [0.1, 0.15) is 0 Å². The van der Waals surface area contributed by atoms with Gasteiger partial charge in [-0.3, -0.25) is 0 Å². The van der Waals surface area contributed by atoms with Crippen LogP contribution in [0.3, 0.4) is 0 Å². The van der Waals surface area contributed by atoms with Crippen molar-refractivity contribution < 1.29 is 0 Å². The lowest BCUT2D eigenvalue weighted by Crippen LogP contribution is -1.89. The van der Waals surface area contributed by atoms with E-state index >= 15 is 0 Å². The zero-order chi connectivity index (χ0) is 9.68. The number of aryl methyl sites for hydroxylation is 1. The van der Waals surface area contributed by atoms with E-state index in [1.54, 1.807) is 0 Å². The van der Waals surface area contributed by atoms with Crippen LogP contribution in [0.4, 0.5) is 5.69 Å². The molecule has 0 saturated carbocycles. The molecule has 1 rings (SSSR count). The average molecular weight is 193 g/mol. The Balaban J connectivity index is 2.81. The molecule has 2 N–H and O–H groups in total. The van der Waals surface area contributed by atoms with Crippen molar-refractivity contribution >= 4 is 24.4 Å². The molecule has 0 atom stereocenters. The Bertz CT molecular complexity index is 305. The van der Waals surface area contributed by atoms with Gasteiger partial charge in [-0.05, 0) is 36.8 Å². The largest absolute Gasteiger partial charge is 0.398 e. The van der Waals surface area contributed by atoms with Crippen molar-refractivity contribution in [3.63, 3.8) is 0 Å². The van der Waals surface area contributed by atoms with Crippen LogP contribution >= 0.6 is 12.6 Å². The topological polar surface area (TPSA) is 26.0 Å². The van der Waals surface area contributed by atoms with E-state index in [4.69, 9.17) is 5.73 Å². The molecule has 0 unspecified atom stereocenters. The number of thiol groups is 1. The molecular formula is C11H15NS. The first kappa shape index (κ1) is 10.2. The highest BCUT2D eigenvalue weighted by Crippen LogP contribution is 2.15. The highest BCUT2D eigenvalue weighted by molar-refractivity contribution is 7.80. The maximum atomic E-state index is 5.80. The van der Waals surface area contributed by atoms with Crippen molar-refractivity contribution in [2.45, 2.75) is 13.3 Å². The minimum atomic E-state index is 0.834. The lowest BCUT2D eigenvalue weighted by molar-refractivity contribution is 1.26. The molecule has 1 aromatic carbocycles. The molecule has 0 bridgehead atoms. The Kier molecular flexibility index (Phi) is 3.90. The summed E-state index contributed by atoms with van der Waals surface area (Å²) in [5.74, 6) is 0.877. The fourth-order valence-electron chi connectivity index (χ4n) is 1.12. The Morgan fingerprint density at radius 2 is 2.23 bits per heavy atom. The third-order valence-electron chi connectivity index (χ3n) is 1.84. The Hall–Kier alpha value is -0.890. The van der Waals surface area contributed by atoms with Gasteiger partial charge in [-0.15, -0.1) is 0 Å².